The lowest BCUT2D eigenvalue weighted by Gasteiger charge is -2.21. The zero-order valence-corrected chi connectivity index (χ0v) is 14.3. The molecule has 0 saturated carbocycles. The van der Waals surface area contributed by atoms with Gasteiger partial charge in [-0.05, 0) is 25.0 Å². The Morgan fingerprint density at radius 1 is 1.08 bits per heavy atom. The van der Waals surface area contributed by atoms with Crippen molar-refractivity contribution < 1.29 is 9.90 Å². The highest BCUT2D eigenvalue weighted by molar-refractivity contribution is 5.91. The SMILES string of the molecule is O=C(c1nc(-c2ccccc2)n(-c2ccccc2)n1)N1CCC[C@@H]1CO. The van der Waals surface area contributed by atoms with Crippen LogP contribution in [0.5, 0.6) is 0 Å². The fourth-order valence-corrected chi connectivity index (χ4v) is 3.35. The molecule has 2 aromatic carbocycles. The summed E-state index contributed by atoms with van der Waals surface area (Å²) < 4.78 is 1.70. The maximum absolute atomic E-state index is 12.9. The number of carbonyl (C=O) groups is 1. The Balaban J connectivity index is 1.78. The van der Waals surface area contributed by atoms with E-state index in [4.69, 9.17) is 0 Å². The number of amides is 1. The molecule has 4 rings (SSSR count). The summed E-state index contributed by atoms with van der Waals surface area (Å²) >= 11 is 0. The van der Waals surface area contributed by atoms with Crippen LogP contribution in [0.1, 0.15) is 23.5 Å². The van der Waals surface area contributed by atoms with E-state index in [1.807, 2.05) is 60.7 Å². The van der Waals surface area contributed by atoms with Crippen LogP contribution < -0.4 is 0 Å². The van der Waals surface area contributed by atoms with Gasteiger partial charge in [0.25, 0.3) is 5.91 Å². The van der Waals surface area contributed by atoms with Crippen LogP contribution in [0.2, 0.25) is 0 Å². The van der Waals surface area contributed by atoms with Crippen LogP contribution in [-0.2, 0) is 0 Å². The number of hydrogen-bond acceptors (Lipinski definition) is 4. The zero-order valence-electron chi connectivity index (χ0n) is 14.3. The van der Waals surface area contributed by atoms with Crippen molar-refractivity contribution in [3.05, 3.63) is 66.5 Å². The van der Waals surface area contributed by atoms with Gasteiger partial charge in [-0.2, -0.15) is 0 Å². The maximum atomic E-state index is 12.9. The van der Waals surface area contributed by atoms with Gasteiger partial charge in [-0.1, -0.05) is 48.5 Å². The summed E-state index contributed by atoms with van der Waals surface area (Å²) in [7, 11) is 0. The van der Waals surface area contributed by atoms with Crippen molar-refractivity contribution in [2.75, 3.05) is 13.2 Å². The van der Waals surface area contributed by atoms with E-state index >= 15 is 0 Å². The van der Waals surface area contributed by atoms with E-state index in [-0.39, 0.29) is 24.4 Å². The van der Waals surface area contributed by atoms with Crippen LogP contribution >= 0.6 is 0 Å². The third-order valence-corrected chi connectivity index (χ3v) is 4.68. The predicted octanol–water partition coefficient (Wildman–Crippen LogP) is 2.53. The number of benzene rings is 2. The molecule has 0 unspecified atom stereocenters. The summed E-state index contributed by atoms with van der Waals surface area (Å²) in [5.74, 6) is 0.557. The summed E-state index contributed by atoms with van der Waals surface area (Å²) in [5, 5.41) is 14.0. The highest BCUT2D eigenvalue weighted by Crippen LogP contribution is 2.23. The summed E-state index contributed by atoms with van der Waals surface area (Å²) in [5.41, 5.74) is 1.74. The number of aliphatic hydroxyl groups excluding tert-OH is 1. The van der Waals surface area contributed by atoms with E-state index in [9.17, 15) is 9.90 Å². The van der Waals surface area contributed by atoms with Gasteiger partial charge >= 0.3 is 0 Å². The molecular formula is C20H20N4O2. The minimum Gasteiger partial charge on any atom is -0.394 e. The predicted molar refractivity (Wildman–Crippen MR) is 97.9 cm³/mol. The summed E-state index contributed by atoms with van der Waals surface area (Å²) in [4.78, 5) is 19.2. The fraction of sp³-hybridized carbons (Fsp3) is 0.250. The smallest absolute Gasteiger partial charge is 0.293 e. The first-order chi connectivity index (χ1) is 12.8. The quantitative estimate of drug-likeness (QED) is 0.786. The Labute approximate surface area is 151 Å². The van der Waals surface area contributed by atoms with E-state index in [2.05, 4.69) is 10.1 Å². The van der Waals surface area contributed by atoms with E-state index in [0.29, 0.717) is 12.4 Å². The number of aromatic nitrogens is 3. The molecule has 1 aliphatic rings. The monoisotopic (exact) mass is 348 g/mol. The van der Waals surface area contributed by atoms with Crippen LogP contribution in [-0.4, -0.2) is 49.9 Å². The first-order valence-electron chi connectivity index (χ1n) is 8.77. The van der Waals surface area contributed by atoms with E-state index in [1.54, 1.807) is 9.58 Å². The van der Waals surface area contributed by atoms with Crippen LogP contribution in [0.15, 0.2) is 60.7 Å². The van der Waals surface area contributed by atoms with Crippen LogP contribution in [0.25, 0.3) is 17.1 Å². The van der Waals surface area contributed by atoms with Crippen molar-refractivity contribution >= 4 is 5.91 Å². The van der Waals surface area contributed by atoms with Crippen molar-refractivity contribution in [3.8, 4) is 17.1 Å². The molecule has 0 aliphatic carbocycles. The molecule has 0 spiro atoms. The van der Waals surface area contributed by atoms with Crippen LogP contribution in [0.4, 0.5) is 0 Å². The molecule has 132 valence electrons. The van der Waals surface area contributed by atoms with Crippen molar-refractivity contribution in [3.63, 3.8) is 0 Å². The van der Waals surface area contributed by atoms with Crippen molar-refractivity contribution in [1.29, 1.82) is 0 Å². The third kappa shape index (κ3) is 2.99. The normalized spacial score (nSPS) is 16.8. The van der Waals surface area contributed by atoms with Gasteiger partial charge in [0.15, 0.2) is 5.82 Å². The number of aliphatic hydroxyl groups is 1. The Morgan fingerprint density at radius 2 is 1.77 bits per heavy atom. The van der Waals surface area contributed by atoms with E-state index in [1.165, 1.54) is 0 Å². The average Bonchev–Trinajstić information content (AvgIpc) is 3.36. The van der Waals surface area contributed by atoms with E-state index in [0.717, 1.165) is 24.1 Å². The number of rotatable bonds is 4. The molecule has 1 aromatic heterocycles. The molecule has 0 radical (unpaired) electrons. The van der Waals surface area contributed by atoms with Crippen molar-refractivity contribution in [2.24, 2.45) is 0 Å². The molecule has 3 aromatic rings. The highest BCUT2D eigenvalue weighted by Gasteiger charge is 2.31. The summed E-state index contributed by atoms with van der Waals surface area (Å²) in [6.07, 6.45) is 1.70. The molecule has 6 heteroatoms. The largest absolute Gasteiger partial charge is 0.394 e. The van der Waals surface area contributed by atoms with E-state index < -0.39 is 0 Å². The first kappa shape index (κ1) is 16.5. The number of carbonyl (C=O) groups excluding carboxylic acids is 1. The van der Waals surface area contributed by atoms with Gasteiger partial charge < -0.3 is 10.0 Å². The zero-order chi connectivity index (χ0) is 17.9. The maximum Gasteiger partial charge on any atom is 0.293 e. The molecule has 6 nitrogen and oxygen atoms in total. The Morgan fingerprint density at radius 3 is 2.46 bits per heavy atom. The Bertz CT molecular complexity index is 836. The second kappa shape index (κ2) is 7.09. The third-order valence-electron chi connectivity index (χ3n) is 4.68. The van der Waals surface area contributed by atoms with Crippen molar-refractivity contribution in [1.82, 2.24) is 19.7 Å². The number of nitrogens with zero attached hydrogens (tertiary/aromatic N) is 4. The average molecular weight is 348 g/mol. The molecule has 1 saturated heterocycles. The number of para-hydroxylation sites is 1. The number of hydrogen-bond donors (Lipinski definition) is 1. The minimum atomic E-state index is -0.228. The van der Waals surface area contributed by atoms with Gasteiger partial charge in [0.05, 0.1) is 18.3 Å². The molecule has 1 aliphatic heterocycles. The summed E-state index contributed by atoms with van der Waals surface area (Å²) in [6.45, 7) is 0.598. The van der Waals surface area contributed by atoms with Crippen LogP contribution in [0.3, 0.4) is 0 Å². The molecule has 1 amide bonds. The summed E-state index contributed by atoms with van der Waals surface area (Å²) in [6, 6.07) is 19.2. The molecule has 1 fully saturated rings. The van der Waals surface area contributed by atoms with Gasteiger partial charge in [-0.25, -0.2) is 9.67 Å². The van der Waals surface area contributed by atoms with Gasteiger partial charge in [-0.3, -0.25) is 4.79 Å². The fourth-order valence-electron chi connectivity index (χ4n) is 3.35. The first-order valence-corrected chi connectivity index (χ1v) is 8.77. The lowest BCUT2D eigenvalue weighted by atomic mass is 10.2. The standard InChI is InChI=1S/C20H20N4O2/c25-14-17-12-7-13-23(17)20(26)18-21-19(15-8-3-1-4-9-15)24(22-18)16-10-5-2-6-11-16/h1-6,8-11,17,25H,7,12-14H2/t17-/m1/s1. The molecule has 2 heterocycles. The van der Waals surface area contributed by atoms with Crippen LogP contribution in [0, 0.1) is 0 Å². The molecule has 1 N–H and O–H groups in total. The molecule has 1 atom stereocenters. The van der Waals surface area contributed by atoms with Crippen molar-refractivity contribution in [2.45, 2.75) is 18.9 Å². The molecule has 0 bridgehead atoms. The van der Waals surface area contributed by atoms with Gasteiger partial charge in [0.2, 0.25) is 5.82 Å². The van der Waals surface area contributed by atoms with Gasteiger partial charge in [0, 0.05) is 12.1 Å². The van der Waals surface area contributed by atoms with Gasteiger partial charge in [0.1, 0.15) is 0 Å². The topological polar surface area (TPSA) is 71.2 Å². The number of likely N-dealkylation sites (tertiary alicyclic amines) is 1. The molecular weight excluding hydrogens is 328 g/mol. The lowest BCUT2D eigenvalue weighted by molar-refractivity contribution is 0.0665. The second-order valence-electron chi connectivity index (χ2n) is 6.35. The Kier molecular flexibility index (Phi) is 4.50. The second-order valence-corrected chi connectivity index (χ2v) is 6.35. The minimum absolute atomic E-state index is 0.0311. The van der Waals surface area contributed by atoms with Gasteiger partial charge in [-0.15, -0.1) is 5.10 Å². The Hall–Kier alpha value is -2.99. The highest BCUT2D eigenvalue weighted by atomic mass is 16.3. The molecule has 26 heavy (non-hydrogen) atoms. The lowest BCUT2D eigenvalue weighted by Crippen LogP contribution is -2.38.